The number of aryl methyl sites for hydroxylation is 1. The summed E-state index contributed by atoms with van der Waals surface area (Å²) in [7, 11) is 0. The van der Waals surface area contributed by atoms with Gasteiger partial charge in [-0.2, -0.15) is 0 Å². The van der Waals surface area contributed by atoms with Crippen molar-refractivity contribution in [3.63, 3.8) is 0 Å². The number of carbonyl (C=O) groups excluding carboxylic acids is 1. The molecule has 1 amide bonds. The average Bonchev–Trinajstić information content (AvgIpc) is 3.17. The monoisotopic (exact) mass is 411 g/mol. The second kappa shape index (κ2) is 7.43. The lowest BCUT2D eigenvalue weighted by Gasteiger charge is -2.12. The molecule has 0 atom stereocenters. The molecule has 2 heterocycles. The largest absolute Gasteiger partial charge is 0.502 e. The topological polar surface area (TPSA) is 135 Å². The molecule has 3 aromatic rings. The third kappa shape index (κ3) is 3.52. The number of hydrogen-bond acceptors (Lipinski definition) is 7. The second-order valence-corrected chi connectivity index (χ2v) is 6.81. The van der Waals surface area contributed by atoms with Crippen LogP contribution in [0.25, 0.3) is 22.3 Å². The average molecular weight is 411 g/mol. The normalized spacial score (nSPS) is 12.2. The van der Waals surface area contributed by atoms with Gasteiger partial charge in [0, 0.05) is 12.0 Å². The van der Waals surface area contributed by atoms with Crippen LogP contribution in [-0.4, -0.2) is 28.9 Å². The fourth-order valence-electron chi connectivity index (χ4n) is 3.19. The molecule has 0 radical (unpaired) electrons. The van der Waals surface area contributed by atoms with Crippen LogP contribution in [0.1, 0.15) is 18.4 Å². The molecule has 1 aromatic heterocycles. The number of carbonyl (C=O) groups is 2. The van der Waals surface area contributed by atoms with Gasteiger partial charge in [-0.05, 0) is 42.8 Å². The molecule has 9 nitrogen and oxygen atoms in total. The highest BCUT2D eigenvalue weighted by Gasteiger charge is 2.21. The van der Waals surface area contributed by atoms with E-state index in [1.807, 2.05) is 0 Å². The minimum atomic E-state index is -1.10. The molecule has 4 rings (SSSR count). The van der Waals surface area contributed by atoms with Gasteiger partial charge in [0.2, 0.25) is 23.9 Å². The van der Waals surface area contributed by atoms with Crippen molar-refractivity contribution in [2.24, 2.45) is 0 Å². The number of benzene rings is 2. The Labute approximate surface area is 169 Å². The number of aliphatic carboxylic acids is 1. The molecule has 2 aromatic carbocycles. The van der Waals surface area contributed by atoms with Crippen LogP contribution in [0.2, 0.25) is 0 Å². The smallest absolute Gasteiger partial charge is 0.303 e. The summed E-state index contributed by atoms with van der Waals surface area (Å²) in [5.74, 6) is -1.32. The highest BCUT2D eigenvalue weighted by Crippen LogP contribution is 2.39. The molecule has 0 bridgehead atoms. The maximum Gasteiger partial charge on any atom is 0.303 e. The third-order valence-corrected chi connectivity index (χ3v) is 4.59. The molecule has 1 aliphatic rings. The highest BCUT2D eigenvalue weighted by atomic mass is 16.7. The quantitative estimate of drug-likeness (QED) is 0.583. The number of fused-ring (bicyclic) bond motifs is 2. The Hall–Kier alpha value is -4.01. The van der Waals surface area contributed by atoms with Gasteiger partial charge in [-0.1, -0.05) is 0 Å². The van der Waals surface area contributed by atoms with Crippen molar-refractivity contribution >= 4 is 28.5 Å². The van der Waals surface area contributed by atoms with Gasteiger partial charge in [0.1, 0.15) is 0 Å². The first-order chi connectivity index (χ1) is 14.3. The molecule has 0 spiro atoms. The second-order valence-electron chi connectivity index (χ2n) is 6.81. The maximum atomic E-state index is 12.8. The van der Waals surface area contributed by atoms with E-state index in [9.17, 15) is 19.5 Å². The first kappa shape index (κ1) is 19.3. The number of carboxylic acids is 1. The molecule has 0 fully saturated rings. The van der Waals surface area contributed by atoms with Crippen LogP contribution < -0.4 is 20.2 Å². The predicted molar refractivity (Wildman–Crippen MR) is 106 cm³/mol. The van der Waals surface area contributed by atoms with Crippen LogP contribution in [0.3, 0.4) is 0 Å². The highest BCUT2D eigenvalue weighted by molar-refractivity contribution is 6.01. The minimum Gasteiger partial charge on any atom is -0.502 e. The number of ether oxygens (including phenoxy) is 2. The van der Waals surface area contributed by atoms with Crippen molar-refractivity contribution < 1.29 is 33.7 Å². The molecule has 0 unspecified atom stereocenters. The Morgan fingerprint density at radius 1 is 1.10 bits per heavy atom. The van der Waals surface area contributed by atoms with Crippen molar-refractivity contribution in [1.82, 2.24) is 0 Å². The maximum absolute atomic E-state index is 12.8. The number of nitrogens with one attached hydrogen (secondary N) is 1. The summed E-state index contributed by atoms with van der Waals surface area (Å²) in [5, 5.41) is 21.9. The Morgan fingerprint density at radius 2 is 1.87 bits per heavy atom. The Balaban J connectivity index is 1.83. The molecular weight excluding hydrogens is 394 g/mol. The molecule has 0 saturated heterocycles. The predicted octanol–water partition coefficient (Wildman–Crippen LogP) is 3.01. The fourth-order valence-corrected chi connectivity index (χ4v) is 3.19. The molecule has 154 valence electrons. The summed E-state index contributed by atoms with van der Waals surface area (Å²) in [6.45, 7) is 1.78. The van der Waals surface area contributed by atoms with Crippen LogP contribution in [0.4, 0.5) is 5.69 Å². The molecule has 1 aliphatic heterocycles. The Morgan fingerprint density at radius 3 is 2.63 bits per heavy atom. The first-order valence-electron chi connectivity index (χ1n) is 9.05. The molecule has 9 heteroatoms. The number of aromatic hydroxyl groups is 1. The van der Waals surface area contributed by atoms with E-state index in [0.717, 1.165) is 0 Å². The van der Waals surface area contributed by atoms with Crippen molar-refractivity contribution in [3.8, 4) is 28.6 Å². The van der Waals surface area contributed by atoms with Crippen molar-refractivity contribution in [2.75, 3.05) is 12.1 Å². The van der Waals surface area contributed by atoms with Gasteiger partial charge in [0.15, 0.2) is 22.8 Å². The standard InChI is InChI=1S/C21H17NO8/c1-10-6-12-18(26)19(27)20(11-2-3-14-15(8-11)29-9-28-14)30-21(12)13(7-10)22-16(23)4-5-17(24)25/h2-3,6-8,27H,4-5,9H2,1H3,(H,22,23)(H,24,25). The van der Waals surface area contributed by atoms with Gasteiger partial charge >= 0.3 is 5.97 Å². The van der Waals surface area contributed by atoms with Gasteiger partial charge in [-0.25, -0.2) is 0 Å². The van der Waals surface area contributed by atoms with Crippen molar-refractivity contribution in [2.45, 2.75) is 19.8 Å². The van der Waals surface area contributed by atoms with E-state index in [2.05, 4.69) is 5.32 Å². The van der Waals surface area contributed by atoms with E-state index in [1.165, 1.54) is 6.07 Å². The van der Waals surface area contributed by atoms with Gasteiger partial charge in [-0.15, -0.1) is 0 Å². The van der Waals surface area contributed by atoms with Gasteiger partial charge in [-0.3, -0.25) is 14.4 Å². The van der Waals surface area contributed by atoms with Crippen LogP contribution in [0.15, 0.2) is 39.5 Å². The van der Waals surface area contributed by atoms with Crippen molar-refractivity contribution in [3.05, 3.63) is 46.1 Å². The third-order valence-electron chi connectivity index (χ3n) is 4.59. The van der Waals surface area contributed by atoms with Crippen LogP contribution in [0, 0.1) is 6.92 Å². The fraction of sp³-hybridized carbons (Fsp3) is 0.190. The molecule has 3 N–H and O–H groups in total. The summed E-state index contributed by atoms with van der Waals surface area (Å²) in [6, 6.07) is 7.95. The first-order valence-corrected chi connectivity index (χ1v) is 9.05. The van der Waals surface area contributed by atoms with Crippen LogP contribution >= 0.6 is 0 Å². The van der Waals surface area contributed by atoms with Gasteiger partial charge in [0.25, 0.3) is 0 Å². The van der Waals surface area contributed by atoms with Crippen LogP contribution in [-0.2, 0) is 9.59 Å². The summed E-state index contributed by atoms with van der Waals surface area (Å²) in [5.41, 5.74) is 0.658. The number of amides is 1. The van der Waals surface area contributed by atoms with Gasteiger partial charge < -0.3 is 29.4 Å². The van der Waals surface area contributed by atoms with E-state index in [1.54, 1.807) is 31.2 Å². The van der Waals surface area contributed by atoms with E-state index < -0.39 is 23.1 Å². The lowest BCUT2D eigenvalue weighted by atomic mass is 10.1. The molecular formula is C21H17NO8. The summed E-state index contributed by atoms with van der Waals surface area (Å²) in [6.07, 6.45) is -0.565. The lowest BCUT2D eigenvalue weighted by Crippen LogP contribution is -2.14. The summed E-state index contributed by atoms with van der Waals surface area (Å²) < 4.78 is 16.4. The van der Waals surface area contributed by atoms with E-state index >= 15 is 0 Å². The van der Waals surface area contributed by atoms with Crippen LogP contribution in [0.5, 0.6) is 17.2 Å². The minimum absolute atomic E-state index is 0.0677. The number of rotatable bonds is 5. The van der Waals surface area contributed by atoms with E-state index in [0.29, 0.717) is 22.6 Å². The number of carboxylic acid groups (broad SMARTS) is 1. The molecule has 0 aliphatic carbocycles. The van der Waals surface area contributed by atoms with Crippen molar-refractivity contribution in [1.29, 1.82) is 0 Å². The zero-order valence-electron chi connectivity index (χ0n) is 15.9. The molecule has 0 saturated carbocycles. The number of hydrogen-bond donors (Lipinski definition) is 3. The summed E-state index contributed by atoms with van der Waals surface area (Å²) in [4.78, 5) is 35.6. The van der Waals surface area contributed by atoms with E-state index in [-0.39, 0.29) is 42.1 Å². The van der Waals surface area contributed by atoms with Gasteiger partial charge in [0.05, 0.1) is 17.5 Å². The van der Waals surface area contributed by atoms with E-state index in [4.69, 9.17) is 19.0 Å². The summed E-state index contributed by atoms with van der Waals surface area (Å²) >= 11 is 0. The SMILES string of the molecule is Cc1cc(NC(=O)CCC(=O)O)c2oc(-c3ccc4c(c3)OCO4)c(O)c(=O)c2c1. The Bertz CT molecular complexity index is 1240. The zero-order chi connectivity index (χ0) is 21.4. The Kier molecular flexibility index (Phi) is 4.78. The zero-order valence-corrected chi connectivity index (χ0v) is 15.9. The number of anilines is 1. The lowest BCUT2D eigenvalue weighted by molar-refractivity contribution is -0.138. The molecule has 30 heavy (non-hydrogen) atoms.